The number of likely N-dealkylation sites (N-methyl/N-ethyl adjacent to an activating group) is 1. The molecule has 1 aliphatic carbocycles. The largest absolute Gasteiger partial charge is 0.386 e. The monoisotopic (exact) mass is 169 g/mol. The summed E-state index contributed by atoms with van der Waals surface area (Å²) in [6, 6.07) is 0.657. The third-order valence-electron chi connectivity index (χ3n) is 3.01. The molecule has 3 heteroatoms. The van der Waals surface area contributed by atoms with E-state index in [1.807, 2.05) is 6.92 Å². The molecule has 1 rings (SSSR count). The van der Waals surface area contributed by atoms with Crippen molar-refractivity contribution in [1.82, 2.24) is 4.90 Å². The second-order valence-corrected chi connectivity index (χ2v) is 3.87. The summed E-state index contributed by atoms with van der Waals surface area (Å²) in [6.45, 7) is 4.21. The number of hydrogen-bond donors (Lipinski definition) is 2. The van der Waals surface area contributed by atoms with Gasteiger partial charge in [-0.15, -0.1) is 0 Å². The average Bonchev–Trinajstić information content (AvgIpc) is 2.82. The van der Waals surface area contributed by atoms with Gasteiger partial charge in [0.1, 0.15) is 5.84 Å². The Balaban J connectivity index is 2.44. The molecular formula is C9H19N3. The minimum Gasteiger partial charge on any atom is -0.386 e. The Labute approximate surface area is 74.4 Å². The highest BCUT2D eigenvalue weighted by Crippen LogP contribution is 2.35. The molecule has 3 N–H and O–H groups in total. The molecule has 0 amide bonds. The summed E-state index contributed by atoms with van der Waals surface area (Å²) in [4.78, 5) is 2.19. The molecule has 0 aromatic carbocycles. The standard InChI is InChI=1S/C9H19N3/c1-6(8-4-5-8)12(3)7(2)9(10)11/h6-8H,4-5H2,1-3H3,(H3,10,11). The Morgan fingerprint density at radius 2 is 2.00 bits per heavy atom. The zero-order chi connectivity index (χ0) is 9.30. The average molecular weight is 169 g/mol. The van der Waals surface area contributed by atoms with Crippen molar-refractivity contribution < 1.29 is 0 Å². The van der Waals surface area contributed by atoms with Crippen molar-refractivity contribution in [3.05, 3.63) is 0 Å². The fourth-order valence-corrected chi connectivity index (χ4v) is 1.48. The van der Waals surface area contributed by atoms with Crippen molar-refractivity contribution in [1.29, 1.82) is 5.41 Å². The zero-order valence-corrected chi connectivity index (χ0v) is 8.17. The van der Waals surface area contributed by atoms with Gasteiger partial charge in [-0.25, -0.2) is 0 Å². The molecule has 1 fully saturated rings. The molecule has 0 aliphatic heterocycles. The Kier molecular flexibility index (Phi) is 2.73. The Morgan fingerprint density at radius 1 is 1.50 bits per heavy atom. The van der Waals surface area contributed by atoms with Gasteiger partial charge in [-0.05, 0) is 39.7 Å². The van der Waals surface area contributed by atoms with Gasteiger partial charge in [-0.3, -0.25) is 10.3 Å². The van der Waals surface area contributed by atoms with Crippen LogP contribution in [0.2, 0.25) is 0 Å². The lowest BCUT2D eigenvalue weighted by Gasteiger charge is -2.29. The third-order valence-corrected chi connectivity index (χ3v) is 3.01. The van der Waals surface area contributed by atoms with Gasteiger partial charge in [0.25, 0.3) is 0 Å². The van der Waals surface area contributed by atoms with Crippen molar-refractivity contribution in [2.75, 3.05) is 7.05 Å². The molecule has 0 radical (unpaired) electrons. The minimum atomic E-state index is 0.0839. The van der Waals surface area contributed by atoms with E-state index in [9.17, 15) is 0 Å². The number of amidine groups is 1. The van der Waals surface area contributed by atoms with Crippen molar-refractivity contribution in [2.24, 2.45) is 11.7 Å². The van der Waals surface area contributed by atoms with E-state index in [1.165, 1.54) is 12.8 Å². The highest BCUT2D eigenvalue weighted by atomic mass is 15.2. The molecule has 3 nitrogen and oxygen atoms in total. The number of nitrogens with two attached hydrogens (primary N) is 1. The van der Waals surface area contributed by atoms with Crippen LogP contribution in [-0.2, 0) is 0 Å². The summed E-state index contributed by atoms with van der Waals surface area (Å²) in [7, 11) is 2.05. The summed E-state index contributed by atoms with van der Waals surface area (Å²) >= 11 is 0. The van der Waals surface area contributed by atoms with Gasteiger partial charge >= 0.3 is 0 Å². The lowest BCUT2D eigenvalue weighted by molar-refractivity contribution is 0.215. The van der Waals surface area contributed by atoms with E-state index in [-0.39, 0.29) is 11.9 Å². The number of nitrogens with one attached hydrogen (secondary N) is 1. The van der Waals surface area contributed by atoms with E-state index in [4.69, 9.17) is 11.1 Å². The smallest absolute Gasteiger partial charge is 0.108 e. The number of rotatable bonds is 4. The predicted octanol–water partition coefficient (Wildman–Crippen LogP) is 1.04. The molecule has 1 aliphatic rings. The van der Waals surface area contributed by atoms with E-state index in [1.54, 1.807) is 0 Å². The molecule has 2 unspecified atom stereocenters. The highest BCUT2D eigenvalue weighted by molar-refractivity contribution is 5.82. The molecule has 12 heavy (non-hydrogen) atoms. The molecule has 1 saturated carbocycles. The lowest BCUT2D eigenvalue weighted by atomic mass is 10.1. The maximum atomic E-state index is 7.32. The first kappa shape index (κ1) is 9.52. The van der Waals surface area contributed by atoms with Gasteiger partial charge in [-0.1, -0.05) is 0 Å². The van der Waals surface area contributed by atoms with Gasteiger partial charge in [0.2, 0.25) is 0 Å². The van der Waals surface area contributed by atoms with Crippen LogP contribution in [0.5, 0.6) is 0 Å². The molecule has 0 aromatic rings. The molecule has 0 spiro atoms. The van der Waals surface area contributed by atoms with Crippen molar-refractivity contribution in [2.45, 2.75) is 38.8 Å². The van der Waals surface area contributed by atoms with Crippen LogP contribution in [0.15, 0.2) is 0 Å². The number of nitrogens with zero attached hydrogens (tertiary/aromatic N) is 1. The topological polar surface area (TPSA) is 53.1 Å². The van der Waals surface area contributed by atoms with Gasteiger partial charge in [0, 0.05) is 6.04 Å². The van der Waals surface area contributed by atoms with Crippen molar-refractivity contribution in [3.63, 3.8) is 0 Å². The highest BCUT2D eigenvalue weighted by Gasteiger charge is 2.32. The molecular weight excluding hydrogens is 150 g/mol. The first-order valence-electron chi connectivity index (χ1n) is 4.60. The minimum absolute atomic E-state index is 0.0839. The Morgan fingerprint density at radius 3 is 2.33 bits per heavy atom. The van der Waals surface area contributed by atoms with Gasteiger partial charge < -0.3 is 5.73 Å². The van der Waals surface area contributed by atoms with E-state index < -0.39 is 0 Å². The molecule has 70 valence electrons. The van der Waals surface area contributed by atoms with E-state index in [2.05, 4.69) is 18.9 Å². The van der Waals surface area contributed by atoms with E-state index in [0.717, 1.165) is 5.92 Å². The Bertz CT molecular complexity index is 175. The third kappa shape index (κ3) is 1.97. The van der Waals surface area contributed by atoms with Gasteiger partial charge in [-0.2, -0.15) is 0 Å². The summed E-state index contributed by atoms with van der Waals surface area (Å²) in [5.74, 6) is 1.11. The SMILES string of the molecule is CC(C(=N)N)N(C)C(C)C1CC1. The van der Waals surface area contributed by atoms with Crippen LogP contribution >= 0.6 is 0 Å². The van der Waals surface area contributed by atoms with Crippen LogP contribution in [0, 0.1) is 11.3 Å². The van der Waals surface area contributed by atoms with Crippen molar-refractivity contribution in [3.8, 4) is 0 Å². The van der Waals surface area contributed by atoms with Crippen LogP contribution in [0.25, 0.3) is 0 Å². The normalized spacial score (nSPS) is 22.3. The van der Waals surface area contributed by atoms with E-state index >= 15 is 0 Å². The van der Waals surface area contributed by atoms with Crippen LogP contribution < -0.4 is 5.73 Å². The summed E-state index contributed by atoms with van der Waals surface area (Å²) < 4.78 is 0. The predicted molar refractivity (Wildman–Crippen MR) is 51.3 cm³/mol. The first-order chi connectivity index (χ1) is 5.54. The summed E-state index contributed by atoms with van der Waals surface area (Å²) in [5, 5.41) is 7.32. The first-order valence-corrected chi connectivity index (χ1v) is 4.60. The molecule has 2 atom stereocenters. The quantitative estimate of drug-likeness (QED) is 0.488. The second kappa shape index (κ2) is 3.44. The van der Waals surface area contributed by atoms with Gasteiger partial charge in [0.05, 0.1) is 6.04 Å². The molecule has 0 heterocycles. The van der Waals surface area contributed by atoms with Crippen LogP contribution in [-0.4, -0.2) is 29.9 Å². The van der Waals surface area contributed by atoms with Crippen molar-refractivity contribution >= 4 is 5.84 Å². The molecule has 0 saturated heterocycles. The number of hydrogen-bond acceptors (Lipinski definition) is 2. The maximum absolute atomic E-state index is 7.32. The summed E-state index contributed by atoms with van der Waals surface area (Å²) in [6.07, 6.45) is 2.69. The lowest BCUT2D eigenvalue weighted by Crippen LogP contribution is -2.45. The fourth-order valence-electron chi connectivity index (χ4n) is 1.48. The molecule has 0 aromatic heterocycles. The second-order valence-electron chi connectivity index (χ2n) is 3.87. The zero-order valence-electron chi connectivity index (χ0n) is 8.17. The van der Waals surface area contributed by atoms with Crippen LogP contribution in [0.4, 0.5) is 0 Å². The maximum Gasteiger partial charge on any atom is 0.108 e. The van der Waals surface area contributed by atoms with Crippen LogP contribution in [0.3, 0.4) is 0 Å². The fraction of sp³-hybridized carbons (Fsp3) is 0.889. The summed E-state index contributed by atoms with van der Waals surface area (Å²) in [5.41, 5.74) is 5.44. The van der Waals surface area contributed by atoms with E-state index in [0.29, 0.717) is 6.04 Å². The Hall–Kier alpha value is -0.570. The molecule has 0 bridgehead atoms. The van der Waals surface area contributed by atoms with Gasteiger partial charge in [0.15, 0.2) is 0 Å². The van der Waals surface area contributed by atoms with Crippen LogP contribution in [0.1, 0.15) is 26.7 Å².